The lowest BCUT2D eigenvalue weighted by molar-refractivity contribution is -0.117. The number of pyridine rings is 1. The fourth-order valence-electron chi connectivity index (χ4n) is 2.03. The molecule has 1 N–H and O–H groups in total. The summed E-state index contributed by atoms with van der Waals surface area (Å²) in [5.74, 6) is 0.562. The Morgan fingerprint density at radius 3 is 3.05 bits per heavy atom. The molecule has 3 aromatic heterocycles. The predicted octanol–water partition coefficient (Wildman–Crippen LogP) is 2.68. The topological polar surface area (TPSA) is 59.3 Å². The molecule has 0 radical (unpaired) electrons. The van der Waals surface area contributed by atoms with E-state index < -0.39 is 0 Å². The first-order valence-corrected chi connectivity index (χ1v) is 7.44. The first-order chi connectivity index (χ1) is 10.2. The van der Waals surface area contributed by atoms with Crippen molar-refractivity contribution < 1.29 is 4.79 Å². The highest BCUT2D eigenvalue weighted by Gasteiger charge is 2.14. The van der Waals surface area contributed by atoms with Gasteiger partial charge in [0.2, 0.25) is 5.91 Å². The zero-order valence-corrected chi connectivity index (χ0v) is 12.2. The van der Waals surface area contributed by atoms with E-state index in [1.165, 1.54) is 6.08 Å². The van der Waals surface area contributed by atoms with E-state index in [4.69, 9.17) is 0 Å². The van der Waals surface area contributed by atoms with Gasteiger partial charge >= 0.3 is 0 Å². The Morgan fingerprint density at radius 1 is 1.33 bits per heavy atom. The van der Waals surface area contributed by atoms with Crippen molar-refractivity contribution in [2.24, 2.45) is 0 Å². The number of aromatic nitrogens is 3. The molecule has 106 valence electrons. The van der Waals surface area contributed by atoms with Crippen LogP contribution in [0.2, 0.25) is 0 Å². The van der Waals surface area contributed by atoms with Gasteiger partial charge in [-0.05, 0) is 36.6 Å². The molecule has 3 rings (SSSR count). The Balaban J connectivity index is 1.71. The number of hydrogen-bond acceptors (Lipinski definition) is 4. The van der Waals surface area contributed by atoms with E-state index in [1.54, 1.807) is 17.4 Å². The second-order valence-electron chi connectivity index (χ2n) is 4.57. The molecule has 0 fully saturated rings. The number of carbonyl (C=O) groups excluding carboxylic acids is 1. The summed E-state index contributed by atoms with van der Waals surface area (Å²) in [5, 5.41) is 13.1. The van der Waals surface area contributed by atoms with Crippen molar-refractivity contribution in [2.45, 2.75) is 13.0 Å². The number of fused-ring (bicyclic) bond motifs is 1. The van der Waals surface area contributed by atoms with Gasteiger partial charge in [-0.15, -0.1) is 21.5 Å². The van der Waals surface area contributed by atoms with Crippen molar-refractivity contribution >= 4 is 29.0 Å². The number of nitrogens with zero attached hydrogens (tertiary/aromatic N) is 3. The second kappa shape index (κ2) is 5.88. The van der Waals surface area contributed by atoms with Crippen LogP contribution in [0, 0.1) is 0 Å². The average molecular weight is 298 g/mol. The molecule has 3 aromatic rings. The van der Waals surface area contributed by atoms with Crippen molar-refractivity contribution in [1.82, 2.24) is 19.9 Å². The summed E-state index contributed by atoms with van der Waals surface area (Å²) in [6.45, 7) is 1.89. The molecule has 0 aliphatic rings. The van der Waals surface area contributed by atoms with E-state index in [9.17, 15) is 4.79 Å². The molecule has 5 nitrogen and oxygen atoms in total. The van der Waals surface area contributed by atoms with Crippen molar-refractivity contribution in [3.05, 3.63) is 58.7 Å². The number of nitrogens with one attached hydrogen (secondary N) is 1. The Hall–Kier alpha value is -2.47. The summed E-state index contributed by atoms with van der Waals surface area (Å²) in [6.07, 6.45) is 5.22. The number of amides is 1. The maximum absolute atomic E-state index is 11.9. The third-order valence-corrected chi connectivity index (χ3v) is 3.87. The third kappa shape index (κ3) is 3.00. The van der Waals surface area contributed by atoms with Gasteiger partial charge < -0.3 is 5.32 Å². The smallest absolute Gasteiger partial charge is 0.244 e. The van der Waals surface area contributed by atoms with Gasteiger partial charge in [-0.3, -0.25) is 9.20 Å². The molecule has 0 spiro atoms. The highest BCUT2D eigenvalue weighted by Crippen LogP contribution is 2.12. The molecule has 0 aromatic carbocycles. The SMILES string of the molecule is CC(NC(=O)C=Cc1cccs1)c1nnc2ccccn12. The zero-order valence-electron chi connectivity index (χ0n) is 11.4. The number of thiophene rings is 1. The van der Waals surface area contributed by atoms with Crippen LogP contribution in [0.5, 0.6) is 0 Å². The Labute approximate surface area is 126 Å². The molecule has 1 unspecified atom stereocenters. The Morgan fingerprint density at radius 2 is 2.24 bits per heavy atom. The molecule has 3 heterocycles. The van der Waals surface area contributed by atoms with Crippen LogP contribution in [0.25, 0.3) is 11.7 Å². The van der Waals surface area contributed by atoms with Gasteiger partial charge in [-0.25, -0.2) is 0 Å². The van der Waals surface area contributed by atoms with Crippen LogP contribution >= 0.6 is 11.3 Å². The lowest BCUT2D eigenvalue weighted by Gasteiger charge is -2.10. The van der Waals surface area contributed by atoms with Gasteiger partial charge in [-0.2, -0.15) is 0 Å². The van der Waals surface area contributed by atoms with E-state index >= 15 is 0 Å². The van der Waals surface area contributed by atoms with Crippen LogP contribution < -0.4 is 5.32 Å². The number of hydrogen-bond donors (Lipinski definition) is 1. The molecule has 6 heteroatoms. The van der Waals surface area contributed by atoms with Crippen molar-refractivity contribution in [2.75, 3.05) is 0 Å². The van der Waals surface area contributed by atoms with Crippen LogP contribution in [0.1, 0.15) is 23.7 Å². The largest absolute Gasteiger partial charge is 0.343 e. The summed E-state index contributed by atoms with van der Waals surface area (Å²) >= 11 is 1.59. The van der Waals surface area contributed by atoms with Gasteiger partial charge in [0, 0.05) is 17.2 Å². The minimum Gasteiger partial charge on any atom is -0.343 e. The maximum Gasteiger partial charge on any atom is 0.244 e. The van der Waals surface area contributed by atoms with Crippen molar-refractivity contribution in [1.29, 1.82) is 0 Å². The summed E-state index contributed by atoms with van der Waals surface area (Å²) in [6, 6.07) is 9.38. The molecule has 0 aliphatic heterocycles. The van der Waals surface area contributed by atoms with Crippen molar-refractivity contribution in [3.8, 4) is 0 Å². The first kappa shape index (κ1) is 13.5. The normalized spacial score (nSPS) is 12.8. The lowest BCUT2D eigenvalue weighted by atomic mass is 10.3. The van der Waals surface area contributed by atoms with Crippen LogP contribution in [0.3, 0.4) is 0 Å². The summed E-state index contributed by atoms with van der Waals surface area (Å²) < 4.78 is 1.87. The summed E-state index contributed by atoms with van der Waals surface area (Å²) in [5.41, 5.74) is 0.766. The Bertz CT molecular complexity index is 776. The highest BCUT2D eigenvalue weighted by atomic mass is 32.1. The Kier molecular flexibility index (Phi) is 3.79. The quantitative estimate of drug-likeness (QED) is 0.753. The molecule has 21 heavy (non-hydrogen) atoms. The van der Waals surface area contributed by atoms with Gasteiger partial charge in [0.1, 0.15) is 0 Å². The molecular weight excluding hydrogens is 284 g/mol. The number of rotatable bonds is 4. The van der Waals surface area contributed by atoms with Gasteiger partial charge in [0.25, 0.3) is 0 Å². The van der Waals surface area contributed by atoms with Crippen LogP contribution in [0.15, 0.2) is 48.0 Å². The van der Waals surface area contributed by atoms with Gasteiger partial charge in [-0.1, -0.05) is 12.1 Å². The van der Waals surface area contributed by atoms with E-state index in [1.807, 2.05) is 53.2 Å². The fourth-order valence-corrected chi connectivity index (χ4v) is 2.64. The predicted molar refractivity (Wildman–Crippen MR) is 82.9 cm³/mol. The standard InChI is InChI=1S/C15H14N4OS/c1-11(15-18-17-13-6-2-3-9-19(13)15)16-14(20)8-7-12-5-4-10-21-12/h2-11H,1H3,(H,16,20). The van der Waals surface area contributed by atoms with Crippen LogP contribution in [0.4, 0.5) is 0 Å². The minimum absolute atomic E-state index is 0.149. The zero-order chi connectivity index (χ0) is 14.7. The fraction of sp³-hybridized carbons (Fsp3) is 0.133. The summed E-state index contributed by atoms with van der Waals surface area (Å²) in [4.78, 5) is 13.0. The van der Waals surface area contributed by atoms with E-state index in [0.29, 0.717) is 5.82 Å². The van der Waals surface area contributed by atoms with Gasteiger partial charge in [0.05, 0.1) is 6.04 Å². The molecule has 1 amide bonds. The number of carbonyl (C=O) groups is 1. The molecule has 0 saturated heterocycles. The van der Waals surface area contributed by atoms with Crippen LogP contribution in [-0.4, -0.2) is 20.5 Å². The molecule has 0 saturated carbocycles. The average Bonchev–Trinajstić information content (AvgIpc) is 3.14. The molecule has 0 aliphatic carbocycles. The summed E-state index contributed by atoms with van der Waals surface area (Å²) in [7, 11) is 0. The lowest BCUT2D eigenvalue weighted by Crippen LogP contribution is -2.26. The molecular formula is C15H14N4OS. The van der Waals surface area contributed by atoms with Crippen molar-refractivity contribution in [3.63, 3.8) is 0 Å². The maximum atomic E-state index is 11.9. The van der Waals surface area contributed by atoms with Gasteiger partial charge in [0.15, 0.2) is 11.5 Å². The molecule has 1 atom stereocenters. The minimum atomic E-state index is -0.220. The highest BCUT2D eigenvalue weighted by molar-refractivity contribution is 7.10. The van der Waals surface area contributed by atoms with Crippen LogP contribution in [-0.2, 0) is 4.79 Å². The second-order valence-corrected chi connectivity index (χ2v) is 5.55. The third-order valence-electron chi connectivity index (χ3n) is 3.03. The van der Waals surface area contributed by atoms with E-state index in [2.05, 4.69) is 15.5 Å². The first-order valence-electron chi connectivity index (χ1n) is 6.56. The monoisotopic (exact) mass is 298 g/mol. The van der Waals surface area contributed by atoms with E-state index in [-0.39, 0.29) is 11.9 Å². The molecule has 0 bridgehead atoms. The van der Waals surface area contributed by atoms with E-state index in [0.717, 1.165) is 10.5 Å².